The number of carbonyl (C=O) groups excluding carboxylic acids is 1. The molecule has 2 aromatic rings. The van der Waals surface area contributed by atoms with Crippen LogP contribution in [0.2, 0.25) is 0 Å². The van der Waals surface area contributed by atoms with Crippen molar-refractivity contribution in [2.45, 2.75) is 18.3 Å². The van der Waals surface area contributed by atoms with Gasteiger partial charge in [0.2, 0.25) is 5.91 Å². The fourth-order valence-electron chi connectivity index (χ4n) is 2.41. The van der Waals surface area contributed by atoms with Crippen molar-refractivity contribution in [2.75, 3.05) is 6.54 Å². The first kappa shape index (κ1) is 14.0. The highest BCUT2D eigenvalue weighted by Gasteiger charge is 2.29. The first-order chi connectivity index (χ1) is 10.2. The van der Waals surface area contributed by atoms with E-state index in [2.05, 4.69) is 0 Å². The summed E-state index contributed by atoms with van der Waals surface area (Å²) in [5.41, 5.74) is 1.04. The number of alkyl halides is 1. The van der Waals surface area contributed by atoms with Crippen molar-refractivity contribution in [3.05, 3.63) is 60.2 Å². The van der Waals surface area contributed by atoms with E-state index in [9.17, 15) is 4.79 Å². The minimum atomic E-state index is -0.367. The van der Waals surface area contributed by atoms with Crippen molar-refractivity contribution in [1.82, 2.24) is 4.90 Å². The van der Waals surface area contributed by atoms with E-state index in [1.165, 1.54) is 0 Å². The molecule has 1 aliphatic heterocycles. The molecule has 0 saturated carbocycles. The van der Waals surface area contributed by atoms with Gasteiger partial charge < -0.3 is 9.64 Å². The van der Waals surface area contributed by atoms with Gasteiger partial charge in [-0.1, -0.05) is 30.3 Å². The Hall–Kier alpha value is -2.00. The van der Waals surface area contributed by atoms with Gasteiger partial charge in [-0.05, 0) is 36.2 Å². The second-order valence-corrected chi connectivity index (χ2v) is 5.61. The molecule has 3 nitrogen and oxygen atoms in total. The summed E-state index contributed by atoms with van der Waals surface area (Å²) in [7, 11) is 0. The second kappa shape index (κ2) is 6.19. The standard InChI is InChI=1S/C17H16ClNO2/c18-16-9-10-19(17(16)20)12-13-5-4-8-15(11-13)21-14-6-2-1-3-7-14/h1-8,11,16H,9-10,12H2. The number of likely N-dealkylation sites (tertiary alicyclic amines) is 1. The Labute approximate surface area is 129 Å². The minimum absolute atomic E-state index is 0.0195. The molecule has 0 N–H and O–H groups in total. The number of carbonyl (C=O) groups is 1. The number of halogens is 1. The Morgan fingerprint density at radius 3 is 2.57 bits per heavy atom. The van der Waals surface area contributed by atoms with E-state index < -0.39 is 0 Å². The summed E-state index contributed by atoms with van der Waals surface area (Å²) in [6, 6.07) is 17.4. The Balaban J connectivity index is 1.70. The molecule has 0 spiro atoms. The summed E-state index contributed by atoms with van der Waals surface area (Å²) in [6.45, 7) is 1.30. The molecule has 3 rings (SSSR count). The zero-order chi connectivity index (χ0) is 14.7. The largest absolute Gasteiger partial charge is 0.457 e. The number of benzene rings is 2. The Morgan fingerprint density at radius 1 is 1.10 bits per heavy atom. The SMILES string of the molecule is O=C1C(Cl)CCN1Cc1cccc(Oc2ccccc2)c1. The zero-order valence-corrected chi connectivity index (χ0v) is 12.3. The van der Waals surface area contributed by atoms with Crippen LogP contribution in [0.25, 0.3) is 0 Å². The predicted octanol–water partition coefficient (Wildman–Crippen LogP) is 3.82. The molecule has 4 heteroatoms. The molecular formula is C17H16ClNO2. The van der Waals surface area contributed by atoms with Crippen molar-refractivity contribution in [3.63, 3.8) is 0 Å². The monoisotopic (exact) mass is 301 g/mol. The van der Waals surface area contributed by atoms with Crippen LogP contribution in [0.1, 0.15) is 12.0 Å². The molecule has 21 heavy (non-hydrogen) atoms. The van der Waals surface area contributed by atoms with Crippen molar-refractivity contribution in [3.8, 4) is 11.5 Å². The van der Waals surface area contributed by atoms with Gasteiger partial charge in [0.15, 0.2) is 0 Å². The fraction of sp³-hybridized carbons (Fsp3) is 0.235. The molecular weight excluding hydrogens is 286 g/mol. The van der Waals surface area contributed by atoms with E-state index in [1.54, 1.807) is 4.90 Å². The smallest absolute Gasteiger partial charge is 0.240 e. The molecule has 1 saturated heterocycles. The highest BCUT2D eigenvalue weighted by atomic mass is 35.5. The maximum Gasteiger partial charge on any atom is 0.240 e. The van der Waals surface area contributed by atoms with Gasteiger partial charge in [-0.2, -0.15) is 0 Å². The Morgan fingerprint density at radius 2 is 1.86 bits per heavy atom. The number of rotatable bonds is 4. The van der Waals surface area contributed by atoms with Gasteiger partial charge in [-0.3, -0.25) is 4.79 Å². The van der Waals surface area contributed by atoms with E-state index in [0.717, 1.165) is 30.0 Å². The molecule has 1 heterocycles. The van der Waals surface area contributed by atoms with Gasteiger partial charge in [0.25, 0.3) is 0 Å². The number of amides is 1. The summed E-state index contributed by atoms with van der Waals surface area (Å²) in [5.74, 6) is 1.59. The third kappa shape index (κ3) is 3.37. The van der Waals surface area contributed by atoms with Crippen LogP contribution in [0.4, 0.5) is 0 Å². The molecule has 1 unspecified atom stereocenters. The molecule has 108 valence electrons. The molecule has 0 radical (unpaired) electrons. The van der Waals surface area contributed by atoms with E-state index in [4.69, 9.17) is 16.3 Å². The average Bonchev–Trinajstić information content (AvgIpc) is 2.81. The molecule has 1 aliphatic rings. The zero-order valence-electron chi connectivity index (χ0n) is 11.5. The molecule has 1 fully saturated rings. The summed E-state index contributed by atoms with van der Waals surface area (Å²) in [5, 5.41) is -0.367. The number of hydrogen-bond donors (Lipinski definition) is 0. The summed E-state index contributed by atoms with van der Waals surface area (Å²) < 4.78 is 5.80. The molecule has 1 amide bonds. The highest BCUT2D eigenvalue weighted by Crippen LogP contribution is 2.24. The van der Waals surface area contributed by atoms with E-state index in [1.807, 2.05) is 54.6 Å². The molecule has 2 aromatic carbocycles. The second-order valence-electron chi connectivity index (χ2n) is 5.08. The third-order valence-corrected chi connectivity index (χ3v) is 3.89. The van der Waals surface area contributed by atoms with Crippen LogP contribution in [-0.2, 0) is 11.3 Å². The maximum absolute atomic E-state index is 11.8. The third-order valence-electron chi connectivity index (χ3n) is 3.48. The first-order valence-corrected chi connectivity index (χ1v) is 7.41. The van der Waals surface area contributed by atoms with E-state index >= 15 is 0 Å². The van der Waals surface area contributed by atoms with Crippen LogP contribution in [0.5, 0.6) is 11.5 Å². The van der Waals surface area contributed by atoms with Crippen LogP contribution in [0.3, 0.4) is 0 Å². The summed E-state index contributed by atoms with van der Waals surface area (Å²) in [6.07, 6.45) is 0.723. The summed E-state index contributed by atoms with van der Waals surface area (Å²) >= 11 is 5.95. The van der Waals surface area contributed by atoms with E-state index in [-0.39, 0.29) is 11.3 Å². The lowest BCUT2D eigenvalue weighted by atomic mass is 10.2. The Bertz CT molecular complexity index is 630. The Kier molecular flexibility index (Phi) is 4.11. The quantitative estimate of drug-likeness (QED) is 0.804. The van der Waals surface area contributed by atoms with E-state index in [0.29, 0.717) is 6.54 Å². The van der Waals surface area contributed by atoms with Crippen LogP contribution in [-0.4, -0.2) is 22.7 Å². The molecule has 0 aliphatic carbocycles. The van der Waals surface area contributed by atoms with Gasteiger partial charge in [0.1, 0.15) is 16.9 Å². The lowest BCUT2D eigenvalue weighted by Gasteiger charge is -2.16. The van der Waals surface area contributed by atoms with Crippen molar-refractivity contribution in [2.24, 2.45) is 0 Å². The highest BCUT2D eigenvalue weighted by molar-refractivity contribution is 6.31. The van der Waals surface area contributed by atoms with Gasteiger partial charge in [-0.15, -0.1) is 11.6 Å². The fourth-order valence-corrected chi connectivity index (χ4v) is 2.65. The van der Waals surface area contributed by atoms with Crippen LogP contribution in [0, 0.1) is 0 Å². The normalized spacial score (nSPS) is 18.0. The molecule has 0 aromatic heterocycles. The average molecular weight is 302 g/mol. The lowest BCUT2D eigenvalue weighted by Crippen LogP contribution is -2.27. The van der Waals surface area contributed by atoms with Gasteiger partial charge >= 0.3 is 0 Å². The number of hydrogen-bond acceptors (Lipinski definition) is 2. The number of nitrogens with zero attached hydrogens (tertiary/aromatic N) is 1. The van der Waals surface area contributed by atoms with Gasteiger partial charge in [0, 0.05) is 13.1 Å². The van der Waals surface area contributed by atoms with Crippen molar-refractivity contribution < 1.29 is 9.53 Å². The lowest BCUT2D eigenvalue weighted by molar-refractivity contribution is -0.127. The number of ether oxygens (including phenoxy) is 1. The van der Waals surface area contributed by atoms with Crippen LogP contribution in [0.15, 0.2) is 54.6 Å². The van der Waals surface area contributed by atoms with Crippen LogP contribution >= 0.6 is 11.6 Å². The molecule has 0 bridgehead atoms. The minimum Gasteiger partial charge on any atom is -0.457 e. The summed E-state index contributed by atoms with van der Waals surface area (Å²) in [4.78, 5) is 13.6. The van der Waals surface area contributed by atoms with Crippen molar-refractivity contribution in [1.29, 1.82) is 0 Å². The van der Waals surface area contributed by atoms with Crippen molar-refractivity contribution >= 4 is 17.5 Å². The predicted molar refractivity (Wildman–Crippen MR) is 82.6 cm³/mol. The topological polar surface area (TPSA) is 29.5 Å². The first-order valence-electron chi connectivity index (χ1n) is 6.97. The number of para-hydroxylation sites is 1. The van der Waals surface area contributed by atoms with Gasteiger partial charge in [-0.25, -0.2) is 0 Å². The maximum atomic E-state index is 11.8. The van der Waals surface area contributed by atoms with Gasteiger partial charge in [0.05, 0.1) is 0 Å². The van der Waals surface area contributed by atoms with Crippen LogP contribution < -0.4 is 4.74 Å². The molecule has 1 atom stereocenters.